The van der Waals surface area contributed by atoms with Crippen LogP contribution in [0.15, 0.2) is 51.8 Å². The summed E-state index contributed by atoms with van der Waals surface area (Å²) in [6.07, 6.45) is 3.01. The molecule has 29 heavy (non-hydrogen) atoms. The van der Waals surface area contributed by atoms with Gasteiger partial charge in [-0.15, -0.1) is 0 Å². The number of anilines is 1. The standard InChI is InChI=1S/C21H25BrN2O4S/c1-15-4-3-12-24(13-11-15)21(25)16-5-10-19(28-2)20(14-16)29(26,27)23-18-8-6-17(22)7-9-18/h5-10,14-15,23H,3-4,11-13H2,1-2H3. The predicted octanol–water partition coefficient (Wildman–Crippen LogP) is 4.52. The summed E-state index contributed by atoms with van der Waals surface area (Å²) in [4.78, 5) is 14.7. The van der Waals surface area contributed by atoms with Crippen LogP contribution in [0.3, 0.4) is 0 Å². The van der Waals surface area contributed by atoms with Gasteiger partial charge in [0, 0.05) is 28.8 Å². The third-order valence-corrected chi connectivity index (χ3v) is 7.03. The number of nitrogens with zero attached hydrogens (tertiary/aromatic N) is 1. The minimum absolute atomic E-state index is 0.0584. The van der Waals surface area contributed by atoms with Gasteiger partial charge in [-0.2, -0.15) is 0 Å². The van der Waals surface area contributed by atoms with E-state index in [2.05, 4.69) is 27.6 Å². The second-order valence-corrected chi connectivity index (χ2v) is 9.87. The third kappa shape index (κ3) is 5.30. The van der Waals surface area contributed by atoms with E-state index in [1.807, 2.05) is 4.90 Å². The fourth-order valence-electron chi connectivity index (χ4n) is 3.40. The van der Waals surface area contributed by atoms with Crippen LogP contribution in [0.4, 0.5) is 5.69 Å². The molecule has 1 aliphatic rings. The van der Waals surface area contributed by atoms with Crippen molar-refractivity contribution in [2.45, 2.75) is 31.1 Å². The Morgan fingerprint density at radius 1 is 1.14 bits per heavy atom. The molecule has 1 heterocycles. The number of amides is 1. The van der Waals surface area contributed by atoms with E-state index >= 15 is 0 Å². The minimum atomic E-state index is -3.93. The molecule has 0 saturated carbocycles. The van der Waals surface area contributed by atoms with Gasteiger partial charge in [0.15, 0.2) is 0 Å². The van der Waals surface area contributed by atoms with E-state index in [0.717, 1.165) is 23.7 Å². The average Bonchev–Trinajstić information content (AvgIpc) is 2.93. The van der Waals surface area contributed by atoms with E-state index in [1.165, 1.54) is 19.2 Å². The summed E-state index contributed by atoms with van der Waals surface area (Å²) in [6, 6.07) is 11.3. The monoisotopic (exact) mass is 480 g/mol. The zero-order chi connectivity index (χ0) is 21.0. The van der Waals surface area contributed by atoms with E-state index in [0.29, 0.717) is 30.3 Å². The summed E-state index contributed by atoms with van der Waals surface area (Å²) in [7, 11) is -2.52. The lowest BCUT2D eigenvalue weighted by molar-refractivity contribution is 0.0760. The van der Waals surface area contributed by atoms with Crippen LogP contribution in [0.25, 0.3) is 0 Å². The van der Waals surface area contributed by atoms with Crippen molar-refractivity contribution in [1.82, 2.24) is 4.90 Å². The maximum atomic E-state index is 13.0. The number of rotatable bonds is 5. The van der Waals surface area contributed by atoms with Gasteiger partial charge in [-0.25, -0.2) is 8.42 Å². The van der Waals surface area contributed by atoms with Crippen molar-refractivity contribution in [1.29, 1.82) is 0 Å². The van der Waals surface area contributed by atoms with Crippen molar-refractivity contribution in [3.05, 3.63) is 52.5 Å². The number of halogens is 1. The Morgan fingerprint density at radius 3 is 2.55 bits per heavy atom. The molecular weight excluding hydrogens is 456 g/mol. The predicted molar refractivity (Wildman–Crippen MR) is 117 cm³/mol. The topological polar surface area (TPSA) is 75.7 Å². The van der Waals surface area contributed by atoms with E-state index in [4.69, 9.17) is 4.74 Å². The summed E-state index contributed by atoms with van der Waals surface area (Å²) in [6.45, 7) is 3.57. The number of carbonyl (C=O) groups excluding carboxylic acids is 1. The van der Waals surface area contributed by atoms with Crippen molar-refractivity contribution in [2.24, 2.45) is 5.92 Å². The Kier molecular flexibility index (Phi) is 6.85. The number of benzene rings is 2. The van der Waals surface area contributed by atoms with Gasteiger partial charge in [0.05, 0.1) is 7.11 Å². The molecule has 0 spiro atoms. The molecule has 0 bridgehead atoms. The summed E-state index contributed by atoms with van der Waals surface area (Å²) >= 11 is 3.33. The minimum Gasteiger partial charge on any atom is -0.495 e. The van der Waals surface area contributed by atoms with Gasteiger partial charge in [-0.3, -0.25) is 9.52 Å². The smallest absolute Gasteiger partial charge is 0.265 e. The highest BCUT2D eigenvalue weighted by molar-refractivity contribution is 9.10. The summed E-state index contributed by atoms with van der Waals surface area (Å²) in [5.74, 6) is 0.632. The quantitative estimate of drug-likeness (QED) is 0.682. The molecule has 0 radical (unpaired) electrons. The lowest BCUT2D eigenvalue weighted by atomic mass is 10.0. The Labute approximate surface area is 180 Å². The van der Waals surface area contributed by atoms with Gasteiger partial charge in [0.25, 0.3) is 15.9 Å². The molecule has 1 fully saturated rings. The summed E-state index contributed by atoms with van der Waals surface area (Å²) in [5.41, 5.74) is 0.769. The highest BCUT2D eigenvalue weighted by Gasteiger charge is 2.25. The van der Waals surface area contributed by atoms with Crippen molar-refractivity contribution in [3.63, 3.8) is 0 Å². The fourth-order valence-corrected chi connectivity index (χ4v) is 4.92. The molecule has 8 heteroatoms. The Hall–Kier alpha value is -2.06. The maximum absolute atomic E-state index is 13.0. The molecule has 2 aromatic rings. The lowest BCUT2D eigenvalue weighted by Gasteiger charge is -2.21. The number of hydrogen-bond acceptors (Lipinski definition) is 4. The van der Waals surface area contributed by atoms with Gasteiger partial charge in [-0.1, -0.05) is 22.9 Å². The zero-order valence-corrected chi connectivity index (χ0v) is 18.9. The van der Waals surface area contributed by atoms with Gasteiger partial charge in [-0.05, 0) is 67.6 Å². The van der Waals surface area contributed by atoms with E-state index in [1.54, 1.807) is 30.3 Å². The van der Waals surface area contributed by atoms with Crippen molar-refractivity contribution in [2.75, 3.05) is 24.9 Å². The SMILES string of the molecule is COc1ccc(C(=O)N2CCCC(C)CC2)cc1S(=O)(=O)Nc1ccc(Br)cc1. The van der Waals surface area contributed by atoms with Crippen LogP contribution >= 0.6 is 15.9 Å². The molecule has 1 amide bonds. The molecule has 1 aliphatic heterocycles. The Bertz CT molecular complexity index is 977. The highest BCUT2D eigenvalue weighted by atomic mass is 79.9. The van der Waals surface area contributed by atoms with Gasteiger partial charge < -0.3 is 9.64 Å². The van der Waals surface area contributed by atoms with Crippen LogP contribution in [-0.4, -0.2) is 39.4 Å². The molecule has 0 aromatic heterocycles. The second-order valence-electron chi connectivity index (χ2n) is 7.31. The average molecular weight is 481 g/mol. The number of hydrogen-bond donors (Lipinski definition) is 1. The second kappa shape index (κ2) is 9.17. The molecule has 156 valence electrons. The fraction of sp³-hybridized carbons (Fsp3) is 0.381. The van der Waals surface area contributed by atoms with Crippen LogP contribution in [0.2, 0.25) is 0 Å². The van der Waals surface area contributed by atoms with Crippen molar-refractivity contribution in [3.8, 4) is 5.75 Å². The Morgan fingerprint density at radius 2 is 1.86 bits per heavy atom. The Balaban J connectivity index is 1.90. The zero-order valence-electron chi connectivity index (χ0n) is 16.5. The third-order valence-electron chi connectivity index (χ3n) is 5.10. The summed E-state index contributed by atoms with van der Waals surface area (Å²) in [5, 5.41) is 0. The molecule has 0 aliphatic carbocycles. The van der Waals surface area contributed by atoms with Gasteiger partial charge in [0.1, 0.15) is 10.6 Å². The molecular formula is C21H25BrN2O4S. The number of ether oxygens (including phenoxy) is 1. The molecule has 1 saturated heterocycles. The molecule has 3 rings (SSSR count). The first-order chi connectivity index (χ1) is 13.8. The number of methoxy groups -OCH3 is 1. The number of sulfonamides is 1. The van der Waals surface area contributed by atoms with Crippen LogP contribution in [0, 0.1) is 5.92 Å². The van der Waals surface area contributed by atoms with Gasteiger partial charge in [0.2, 0.25) is 0 Å². The first-order valence-electron chi connectivity index (χ1n) is 9.56. The first kappa shape index (κ1) is 21.6. The van der Waals surface area contributed by atoms with Gasteiger partial charge >= 0.3 is 0 Å². The molecule has 2 aromatic carbocycles. The molecule has 1 N–H and O–H groups in total. The van der Waals surface area contributed by atoms with Crippen molar-refractivity contribution >= 4 is 37.5 Å². The molecule has 6 nitrogen and oxygen atoms in total. The first-order valence-corrected chi connectivity index (χ1v) is 11.8. The van der Waals surface area contributed by atoms with E-state index in [9.17, 15) is 13.2 Å². The van der Waals surface area contributed by atoms with E-state index < -0.39 is 10.0 Å². The van der Waals surface area contributed by atoms with Crippen molar-refractivity contribution < 1.29 is 17.9 Å². The number of nitrogens with one attached hydrogen (secondary N) is 1. The maximum Gasteiger partial charge on any atom is 0.265 e. The molecule has 1 atom stereocenters. The normalized spacial score (nSPS) is 17.5. The van der Waals surface area contributed by atoms with Crippen LogP contribution < -0.4 is 9.46 Å². The van der Waals surface area contributed by atoms with Crippen LogP contribution in [0.1, 0.15) is 36.5 Å². The largest absolute Gasteiger partial charge is 0.495 e. The number of carbonyl (C=O) groups is 1. The lowest BCUT2D eigenvalue weighted by Crippen LogP contribution is -2.32. The van der Waals surface area contributed by atoms with Crippen LogP contribution in [0.5, 0.6) is 5.75 Å². The number of likely N-dealkylation sites (tertiary alicyclic amines) is 1. The molecule has 1 unspecified atom stereocenters. The summed E-state index contributed by atoms with van der Waals surface area (Å²) < 4.78 is 34.6. The van der Waals surface area contributed by atoms with Crippen LogP contribution in [-0.2, 0) is 10.0 Å². The van der Waals surface area contributed by atoms with E-state index in [-0.39, 0.29) is 16.6 Å². The highest BCUT2D eigenvalue weighted by Crippen LogP contribution is 2.28.